The van der Waals surface area contributed by atoms with Crippen LogP contribution >= 0.6 is 11.3 Å². The van der Waals surface area contributed by atoms with Crippen LogP contribution in [0.2, 0.25) is 0 Å². The number of hydrogen-bond acceptors (Lipinski definition) is 3. The van der Waals surface area contributed by atoms with Crippen LogP contribution in [0, 0.1) is 18.8 Å². The molecule has 116 valence electrons. The maximum atomic E-state index is 12.4. The Hall–Kier alpha value is -0.870. The lowest BCUT2D eigenvalue weighted by Crippen LogP contribution is -2.42. The molecule has 0 aromatic carbocycles. The third-order valence-electron chi connectivity index (χ3n) is 4.98. The zero-order valence-corrected chi connectivity index (χ0v) is 13.5. The minimum Gasteiger partial charge on any atom is -0.396 e. The Bertz CT molecular complexity index is 499. The van der Waals surface area contributed by atoms with E-state index in [1.165, 1.54) is 29.0 Å². The topological polar surface area (TPSA) is 49.3 Å². The summed E-state index contributed by atoms with van der Waals surface area (Å²) < 4.78 is 0. The quantitative estimate of drug-likeness (QED) is 0.839. The van der Waals surface area contributed by atoms with Crippen LogP contribution in [0.25, 0.3) is 0 Å². The molecule has 0 spiro atoms. The largest absolute Gasteiger partial charge is 0.396 e. The Morgan fingerprint density at radius 3 is 2.86 bits per heavy atom. The molecule has 21 heavy (non-hydrogen) atoms. The number of rotatable bonds is 4. The van der Waals surface area contributed by atoms with Gasteiger partial charge in [-0.25, -0.2) is 0 Å². The molecule has 3 nitrogen and oxygen atoms in total. The maximum Gasteiger partial charge on any atom is 0.224 e. The van der Waals surface area contributed by atoms with E-state index in [1.807, 2.05) is 11.3 Å². The Morgan fingerprint density at radius 1 is 1.33 bits per heavy atom. The van der Waals surface area contributed by atoms with E-state index in [-0.39, 0.29) is 30.4 Å². The molecule has 2 saturated carbocycles. The average Bonchev–Trinajstić information content (AvgIpc) is 3.20. The van der Waals surface area contributed by atoms with Crippen LogP contribution < -0.4 is 5.32 Å². The first kappa shape index (κ1) is 15.0. The second-order valence-corrected chi connectivity index (χ2v) is 7.91. The lowest BCUT2D eigenvalue weighted by atomic mass is 9.95. The summed E-state index contributed by atoms with van der Waals surface area (Å²) in [6, 6.07) is 4.48. The van der Waals surface area contributed by atoms with Gasteiger partial charge in [-0.3, -0.25) is 4.79 Å². The number of aryl methyl sites for hydroxylation is 1. The summed E-state index contributed by atoms with van der Waals surface area (Å²) in [5, 5.41) is 12.8. The first-order chi connectivity index (χ1) is 10.2. The van der Waals surface area contributed by atoms with Crippen molar-refractivity contribution >= 4 is 17.2 Å². The third kappa shape index (κ3) is 3.49. The third-order valence-corrected chi connectivity index (χ3v) is 6.11. The van der Waals surface area contributed by atoms with Crippen molar-refractivity contribution in [1.82, 2.24) is 5.32 Å². The van der Waals surface area contributed by atoms with E-state index in [0.717, 1.165) is 19.3 Å². The highest BCUT2D eigenvalue weighted by Gasteiger charge is 2.45. The van der Waals surface area contributed by atoms with Gasteiger partial charge >= 0.3 is 0 Å². The molecule has 1 aromatic rings. The summed E-state index contributed by atoms with van der Waals surface area (Å²) in [5.41, 5.74) is 0. The number of aliphatic hydroxyl groups is 1. The number of carbonyl (C=O) groups is 1. The van der Waals surface area contributed by atoms with E-state index in [2.05, 4.69) is 24.4 Å². The first-order valence-electron chi connectivity index (χ1n) is 8.16. The fourth-order valence-corrected chi connectivity index (χ4v) is 4.59. The molecule has 0 saturated heterocycles. The van der Waals surface area contributed by atoms with E-state index in [1.54, 1.807) is 0 Å². The molecular weight excluding hydrogens is 282 g/mol. The number of amides is 1. The van der Waals surface area contributed by atoms with Gasteiger partial charge in [-0.15, -0.1) is 11.3 Å². The van der Waals surface area contributed by atoms with Gasteiger partial charge in [-0.05, 0) is 38.3 Å². The molecule has 0 bridgehead atoms. The Balaban J connectivity index is 1.56. The lowest BCUT2D eigenvalue weighted by molar-refractivity contribution is -0.123. The highest BCUT2D eigenvalue weighted by Crippen LogP contribution is 2.49. The van der Waals surface area contributed by atoms with E-state index >= 15 is 0 Å². The SMILES string of the molecule is Cc1ccc(C2CC2C(=O)NC2CCCCCC2CO)s1. The monoisotopic (exact) mass is 307 g/mol. The summed E-state index contributed by atoms with van der Waals surface area (Å²) >= 11 is 1.81. The summed E-state index contributed by atoms with van der Waals surface area (Å²) in [4.78, 5) is 15.1. The smallest absolute Gasteiger partial charge is 0.224 e. The van der Waals surface area contributed by atoms with Gasteiger partial charge in [0.2, 0.25) is 5.91 Å². The Kier molecular flexibility index (Phi) is 4.65. The highest BCUT2D eigenvalue weighted by atomic mass is 32.1. The van der Waals surface area contributed by atoms with Crippen LogP contribution in [0.3, 0.4) is 0 Å². The van der Waals surface area contributed by atoms with Gasteiger partial charge in [-0.1, -0.05) is 19.3 Å². The van der Waals surface area contributed by atoms with Gasteiger partial charge in [0.15, 0.2) is 0 Å². The van der Waals surface area contributed by atoms with Gasteiger partial charge in [0.1, 0.15) is 0 Å². The first-order valence-corrected chi connectivity index (χ1v) is 8.98. The van der Waals surface area contributed by atoms with Crippen molar-refractivity contribution in [3.63, 3.8) is 0 Å². The van der Waals surface area contributed by atoms with E-state index in [0.29, 0.717) is 5.92 Å². The zero-order chi connectivity index (χ0) is 14.8. The molecule has 2 N–H and O–H groups in total. The summed E-state index contributed by atoms with van der Waals surface area (Å²) in [6.45, 7) is 2.31. The number of hydrogen-bond donors (Lipinski definition) is 2. The number of nitrogens with one attached hydrogen (secondary N) is 1. The minimum absolute atomic E-state index is 0.158. The summed E-state index contributed by atoms with van der Waals surface area (Å²) in [6.07, 6.45) is 6.62. The van der Waals surface area contributed by atoms with Crippen molar-refractivity contribution in [3.05, 3.63) is 21.9 Å². The maximum absolute atomic E-state index is 12.4. The van der Waals surface area contributed by atoms with Crippen molar-refractivity contribution in [2.24, 2.45) is 11.8 Å². The molecule has 1 aromatic heterocycles. The van der Waals surface area contributed by atoms with E-state index < -0.39 is 0 Å². The molecule has 3 rings (SSSR count). The van der Waals surface area contributed by atoms with Gasteiger partial charge < -0.3 is 10.4 Å². The average molecular weight is 307 g/mol. The van der Waals surface area contributed by atoms with Crippen LogP contribution in [-0.4, -0.2) is 23.7 Å². The molecule has 4 heteroatoms. The van der Waals surface area contributed by atoms with Gasteiger partial charge in [0.05, 0.1) is 0 Å². The second kappa shape index (κ2) is 6.49. The van der Waals surface area contributed by atoms with E-state index in [9.17, 15) is 9.90 Å². The predicted molar refractivity (Wildman–Crippen MR) is 85.5 cm³/mol. The molecule has 2 fully saturated rings. The zero-order valence-electron chi connectivity index (χ0n) is 12.7. The van der Waals surface area contributed by atoms with Crippen molar-refractivity contribution in [3.8, 4) is 0 Å². The fraction of sp³-hybridized carbons (Fsp3) is 0.706. The van der Waals surface area contributed by atoms with Gasteiger partial charge in [-0.2, -0.15) is 0 Å². The number of thiophene rings is 1. The number of aliphatic hydroxyl groups excluding tert-OH is 1. The standard InChI is InChI=1S/C17H25NO2S/c1-11-7-8-16(21-11)13-9-14(13)17(20)18-15-6-4-2-3-5-12(15)10-19/h7-8,12-15,19H,2-6,9-10H2,1H3,(H,18,20). The molecule has 4 unspecified atom stereocenters. The Labute approximate surface area is 130 Å². The normalized spacial score (nSPS) is 32.5. The molecule has 2 aliphatic rings. The van der Waals surface area contributed by atoms with Crippen molar-refractivity contribution in [2.45, 2.75) is 57.4 Å². The molecule has 0 radical (unpaired) electrons. The fourth-order valence-electron chi connectivity index (χ4n) is 3.53. The summed E-state index contributed by atoms with van der Waals surface area (Å²) in [5.74, 6) is 1.04. The predicted octanol–water partition coefficient (Wildman–Crippen LogP) is 3.22. The number of carbonyl (C=O) groups excluding carboxylic acids is 1. The molecular formula is C17H25NO2S. The molecule has 4 atom stereocenters. The van der Waals surface area contributed by atoms with E-state index in [4.69, 9.17) is 0 Å². The van der Waals surface area contributed by atoms with Crippen molar-refractivity contribution in [1.29, 1.82) is 0 Å². The lowest BCUT2D eigenvalue weighted by Gasteiger charge is -2.24. The van der Waals surface area contributed by atoms with Gasteiger partial charge in [0, 0.05) is 40.2 Å². The van der Waals surface area contributed by atoms with Crippen molar-refractivity contribution in [2.75, 3.05) is 6.61 Å². The van der Waals surface area contributed by atoms with Crippen LogP contribution in [0.4, 0.5) is 0 Å². The minimum atomic E-state index is 0.158. The van der Waals surface area contributed by atoms with Crippen molar-refractivity contribution < 1.29 is 9.90 Å². The molecule has 2 aliphatic carbocycles. The van der Waals surface area contributed by atoms with Crippen LogP contribution in [0.5, 0.6) is 0 Å². The highest BCUT2D eigenvalue weighted by molar-refractivity contribution is 7.12. The molecule has 1 amide bonds. The Morgan fingerprint density at radius 2 is 2.14 bits per heavy atom. The van der Waals surface area contributed by atoms with Crippen LogP contribution in [0.1, 0.15) is 54.2 Å². The summed E-state index contributed by atoms with van der Waals surface area (Å²) in [7, 11) is 0. The second-order valence-electron chi connectivity index (χ2n) is 6.59. The molecule has 1 heterocycles. The van der Waals surface area contributed by atoms with Crippen LogP contribution in [-0.2, 0) is 4.79 Å². The van der Waals surface area contributed by atoms with Crippen LogP contribution in [0.15, 0.2) is 12.1 Å². The molecule has 0 aliphatic heterocycles. The van der Waals surface area contributed by atoms with Gasteiger partial charge in [0.25, 0.3) is 0 Å².